The highest BCUT2D eigenvalue weighted by molar-refractivity contribution is 4.80. The molecule has 0 aromatic rings. The molecular formula is C6H11NO. The van der Waals surface area contributed by atoms with Crippen molar-refractivity contribution in [3.63, 3.8) is 0 Å². The Morgan fingerprint density at radius 1 is 1.75 bits per heavy atom. The van der Waals surface area contributed by atoms with Crippen molar-refractivity contribution in [3.8, 4) is 0 Å². The van der Waals surface area contributed by atoms with Crippen molar-refractivity contribution in [2.24, 2.45) is 0 Å². The largest absolute Gasteiger partial charge is 0.416 e. The van der Waals surface area contributed by atoms with Gasteiger partial charge in [0, 0.05) is 6.42 Å². The molecule has 1 rings (SSSR count). The molecule has 0 amide bonds. The maximum atomic E-state index is 5.09. The summed E-state index contributed by atoms with van der Waals surface area (Å²) in [5.74, 6) is 0. The summed E-state index contributed by atoms with van der Waals surface area (Å²) in [4.78, 5) is 1.05. The monoisotopic (exact) mass is 113 g/mol. The molecule has 1 unspecified atom stereocenters. The molecule has 0 bridgehead atoms. The van der Waals surface area contributed by atoms with Crippen molar-refractivity contribution < 1.29 is 9.64 Å². The van der Waals surface area contributed by atoms with Crippen LogP contribution in [0, 0.1) is 7.05 Å². The normalized spacial score (nSPS) is 30.6. The van der Waals surface area contributed by atoms with Crippen LogP contribution in [-0.4, -0.2) is 13.3 Å². The van der Waals surface area contributed by atoms with Crippen LogP contribution in [0.2, 0.25) is 0 Å². The zero-order chi connectivity index (χ0) is 5.98. The molecule has 0 aromatic heterocycles. The van der Waals surface area contributed by atoms with Crippen LogP contribution in [0.5, 0.6) is 0 Å². The van der Waals surface area contributed by atoms with Crippen LogP contribution in [0.1, 0.15) is 6.42 Å². The van der Waals surface area contributed by atoms with Gasteiger partial charge < -0.3 is 9.64 Å². The van der Waals surface area contributed by atoms with Gasteiger partial charge in [0.15, 0.2) is 6.73 Å². The van der Waals surface area contributed by atoms with Crippen LogP contribution < -0.4 is 4.90 Å². The Labute approximate surface area is 49.7 Å². The highest BCUT2D eigenvalue weighted by atomic mass is 16.5. The fraction of sp³-hybridized carbons (Fsp3) is 0.500. The smallest absolute Gasteiger partial charge is 0.161 e. The molecule has 1 heterocycles. The summed E-state index contributed by atoms with van der Waals surface area (Å²) >= 11 is 0. The van der Waals surface area contributed by atoms with Gasteiger partial charge in [-0.15, -0.1) is 7.05 Å². The summed E-state index contributed by atoms with van der Waals surface area (Å²) in [5.41, 5.74) is 1.15. The van der Waals surface area contributed by atoms with Gasteiger partial charge in [-0.3, -0.25) is 0 Å². The van der Waals surface area contributed by atoms with E-state index in [9.17, 15) is 0 Å². The summed E-state index contributed by atoms with van der Waals surface area (Å²) in [6.45, 7) is 5.31. The Balaban J connectivity index is 2.39. The lowest BCUT2D eigenvalue weighted by Crippen LogP contribution is -3.06. The fourth-order valence-electron chi connectivity index (χ4n) is 0.670. The van der Waals surface area contributed by atoms with Crippen LogP contribution in [0.4, 0.5) is 0 Å². The highest BCUT2D eigenvalue weighted by Gasteiger charge is 2.07. The lowest BCUT2D eigenvalue weighted by Gasteiger charge is -2.26. The van der Waals surface area contributed by atoms with Crippen molar-refractivity contribution in [3.05, 3.63) is 19.3 Å². The van der Waals surface area contributed by atoms with Gasteiger partial charge in [0.1, 0.15) is 0 Å². The van der Waals surface area contributed by atoms with Gasteiger partial charge in [0.05, 0.1) is 12.3 Å². The average molecular weight is 113 g/mol. The molecule has 1 saturated heterocycles. The molecular weight excluding hydrogens is 102 g/mol. The van der Waals surface area contributed by atoms with Gasteiger partial charge in [0.2, 0.25) is 0 Å². The molecule has 0 spiro atoms. The van der Waals surface area contributed by atoms with Gasteiger partial charge >= 0.3 is 0 Å². The molecule has 0 aromatic carbocycles. The summed E-state index contributed by atoms with van der Waals surface area (Å²) < 4.78 is 5.09. The molecule has 0 saturated carbocycles. The van der Waals surface area contributed by atoms with Gasteiger partial charge in [-0.05, 0) is 6.58 Å². The van der Waals surface area contributed by atoms with E-state index in [1.165, 1.54) is 0 Å². The Morgan fingerprint density at radius 2 is 2.50 bits per heavy atom. The van der Waals surface area contributed by atoms with E-state index in [2.05, 4.69) is 13.6 Å². The number of ether oxygens (including phenoxy) is 1. The Bertz CT molecular complexity index is 101. The first-order chi connectivity index (χ1) is 3.80. The van der Waals surface area contributed by atoms with Crippen molar-refractivity contribution >= 4 is 0 Å². The first kappa shape index (κ1) is 5.79. The molecule has 0 radical (unpaired) electrons. The predicted octanol–water partition coefficient (Wildman–Crippen LogP) is -0.446. The third-order valence-corrected chi connectivity index (χ3v) is 1.32. The van der Waals surface area contributed by atoms with Crippen molar-refractivity contribution in [2.75, 3.05) is 13.3 Å². The average Bonchev–Trinajstić information content (AvgIpc) is 1.77. The van der Waals surface area contributed by atoms with Gasteiger partial charge in [0.25, 0.3) is 0 Å². The van der Waals surface area contributed by atoms with E-state index < -0.39 is 0 Å². The SMILES string of the molecule is C=C1CCOC[NH+]1[CH2-]. The maximum absolute atomic E-state index is 5.09. The van der Waals surface area contributed by atoms with Gasteiger partial charge in [-0.25, -0.2) is 0 Å². The third-order valence-electron chi connectivity index (χ3n) is 1.32. The van der Waals surface area contributed by atoms with E-state index in [1.54, 1.807) is 0 Å². The zero-order valence-electron chi connectivity index (χ0n) is 4.94. The van der Waals surface area contributed by atoms with E-state index >= 15 is 0 Å². The first-order valence-corrected chi connectivity index (χ1v) is 2.74. The number of rotatable bonds is 0. The second-order valence-corrected chi connectivity index (χ2v) is 2.01. The first-order valence-electron chi connectivity index (χ1n) is 2.74. The molecule has 1 N–H and O–H groups in total. The standard InChI is InChI=1S/C6H11NO/c1-6-3-4-8-5-7(6)2/h7H,1-5H2. The van der Waals surface area contributed by atoms with Crippen LogP contribution in [-0.2, 0) is 4.74 Å². The number of hydrogen-bond acceptors (Lipinski definition) is 1. The van der Waals surface area contributed by atoms with E-state index in [-0.39, 0.29) is 0 Å². The second-order valence-electron chi connectivity index (χ2n) is 2.01. The van der Waals surface area contributed by atoms with Crippen molar-refractivity contribution in [2.45, 2.75) is 6.42 Å². The minimum Gasteiger partial charge on any atom is -0.416 e. The molecule has 2 nitrogen and oxygen atoms in total. The van der Waals surface area contributed by atoms with Crippen molar-refractivity contribution in [1.82, 2.24) is 0 Å². The quantitative estimate of drug-likeness (QED) is 0.420. The third kappa shape index (κ3) is 1.08. The van der Waals surface area contributed by atoms with E-state index in [0.717, 1.165) is 23.6 Å². The highest BCUT2D eigenvalue weighted by Crippen LogP contribution is 1.92. The molecule has 1 aliphatic rings. The Kier molecular flexibility index (Phi) is 1.65. The number of hydrogen-bond donors (Lipinski definition) is 1. The molecule has 0 aliphatic carbocycles. The van der Waals surface area contributed by atoms with Crippen molar-refractivity contribution in [1.29, 1.82) is 0 Å². The lowest BCUT2D eigenvalue weighted by atomic mass is 10.3. The van der Waals surface area contributed by atoms with Crippen LogP contribution in [0.3, 0.4) is 0 Å². The lowest BCUT2D eigenvalue weighted by molar-refractivity contribution is -0.844. The summed E-state index contributed by atoms with van der Waals surface area (Å²) in [5, 5.41) is 0. The van der Waals surface area contributed by atoms with E-state index in [0.29, 0.717) is 6.73 Å². The Hall–Kier alpha value is -0.340. The van der Waals surface area contributed by atoms with E-state index in [1.807, 2.05) is 0 Å². The summed E-state index contributed by atoms with van der Waals surface area (Å²) in [6, 6.07) is 0. The van der Waals surface area contributed by atoms with Crippen LogP contribution in [0.25, 0.3) is 0 Å². The fourth-order valence-corrected chi connectivity index (χ4v) is 0.670. The second kappa shape index (κ2) is 2.29. The predicted molar refractivity (Wildman–Crippen MR) is 30.9 cm³/mol. The maximum Gasteiger partial charge on any atom is 0.161 e. The van der Waals surface area contributed by atoms with Gasteiger partial charge in [-0.2, -0.15) is 0 Å². The number of quaternary nitrogens is 1. The summed E-state index contributed by atoms with van der Waals surface area (Å²) in [6.07, 6.45) is 0.957. The Morgan fingerprint density at radius 3 is 2.88 bits per heavy atom. The molecule has 8 heavy (non-hydrogen) atoms. The molecule has 1 aliphatic heterocycles. The zero-order valence-corrected chi connectivity index (χ0v) is 4.94. The molecule has 1 atom stereocenters. The topological polar surface area (TPSA) is 13.7 Å². The van der Waals surface area contributed by atoms with E-state index in [4.69, 9.17) is 4.74 Å². The van der Waals surface area contributed by atoms with Gasteiger partial charge in [-0.1, -0.05) is 0 Å². The minimum atomic E-state index is 0.679. The molecule has 1 fully saturated rings. The molecule has 2 heteroatoms. The van der Waals surface area contributed by atoms with Crippen LogP contribution in [0.15, 0.2) is 12.3 Å². The molecule has 46 valence electrons. The van der Waals surface area contributed by atoms with Crippen LogP contribution >= 0.6 is 0 Å². The summed E-state index contributed by atoms with van der Waals surface area (Å²) in [7, 11) is 3.77. The number of nitrogens with one attached hydrogen (secondary N) is 1. The minimum absolute atomic E-state index is 0.679.